The quantitative estimate of drug-likeness (QED) is 0.376. The van der Waals surface area contributed by atoms with E-state index in [4.69, 9.17) is 0 Å². The summed E-state index contributed by atoms with van der Waals surface area (Å²) >= 11 is 0. The molecule has 1 aliphatic carbocycles. The first kappa shape index (κ1) is 20.9. The van der Waals surface area contributed by atoms with Crippen LogP contribution in [0, 0.1) is 0 Å². The summed E-state index contributed by atoms with van der Waals surface area (Å²) < 4.78 is 0. The van der Waals surface area contributed by atoms with Crippen molar-refractivity contribution < 1.29 is 0 Å². The van der Waals surface area contributed by atoms with E-state index in [-0.39, 0.29) is 0 Å². The van der Waals surface area contributed by atoms with E-state index in [2.05, 4.69) is 92.7 Å². The molecular formula is C30H36. The maximum absolute atomic E-state index is 2.40. The minimum absolute atomic E-state index is 0.566. The van der Waals surface area contributed by atoms with Crippen molar-refractivity contribution in [2.24, 2.45) is 0 Å². The van der Waals surface area contributed by atoms with E-state index in [1.807, 2.05) is 0 Å². The van der Waals surface area contributed by atoms with Gasteiger partial charge in [-0.2, -0.15) is 0 Å². The highest BCUT2D eigenvalue weighted by Crippen LogP contribution is 2.40. The fourth-order valence-corrected chi connectivity index (χ4v) is 5.18. The zero-order valence-electron chi connectivity index (χ0n) is 18.7. The summed E-state index contributed by atoms with van der Waals surface area (Å²) in [6.45, 7) is 4.59. The molecule has 1 saturated carbocycles. The van der Waals surface area contributed by atoms with Crippen LogP contribution >= 0.6 is 0 Å². The summed E-state index contributed by atoms with van der Waals surface area (Å²) in [5.74, 6) is 2.06. The van der Waals surface area contributed by atoms with Crippen molar-refractivity contribution in [3.05, 3.63) is 107 Å². The summed E-state index contributed by atoms with van der Waals surface area (Å²) in [5.41, 5.74) is 7.47. The Morgan fingerprint density at radius 3 is 1.67 bits per heavy atom. The minimum atomic E-state index is 0.566. The molecule has 1 aliphatic rings. The van der Waals surface area contributed by atoms with E-state index >= 15 is 0 Å². The van der Waals surface area contributed by atoms with Gasteiger partial charge in [0, 0.05) is 0 Å². The third-order valence-corrected chi connectivity index (χ3v) is 7.08. The van der Waals surface area contributed by atoms with Crippen LogP contribution in [0.5, 0.6) is 0 Å². The van der Waals surface area contributed by atoms with Crippen LogP contribution in [-0.4, -0.2) is 0 Å². The second-order valence-corrected chi connectivity index (χ2v) is 9.30. The summed E-state index contributed by atoms with van der Waals surface area (Å²) in [6, 6.07) is 29.9. The molecule has 1 atom stereocenters. The lowest BCUT2D eigenvalue weighted by atomic mass is 9.76. The van der Waals surface area contributed by atoms with Crippen LogP contribution in [-0.2, 0) is 12.8 Å². The third-order valence-electron chi connectivity index (χ3n) is 7.08. The molecule has 1 unspecified atom stereocenters. The fourth-order valence-electron chi connectivity index (χ4n) is 5.18. The Bertz CT molecular complexity index is 881. The Hall–Kier alpha value is -2.34. The zero-order chi connectivity index (χ0) is 20.8. The standard InChI is InChI=1S/C30H36/c1-3-7-24-10-14-27(15-11-24)29-18-20-30(21-19-29)28-16-12-25(13-17-28)22-23(2)26-8-5-4-6-9-26/h4-6,8-17,23,29-30H,3,7,18-22H2,1-2H3. The van der Waals surface area contributed by atoms with Gasteiger partial charge in [0.25, 0.3) is 0 Å². The average Bonchev–Trinajstić information content (AvgIpc) is 2.81. The molecule has 0 spiro atoms. The largest absolute Gasteiger partial charge is 0.0651 e. The Kier molecular flexibility index (Phi) is 7.05. The summed E-state index contributed by atoms with van der Waals surface area (Å²) in [5, 5.41) is 0. The molecular weight excluding hydrogens is 360 g/mol. The van der Waals surface area contributed by atoms with Crippen LogP contribution in [0.2, 0.25) is 0 Å². The Morgan fingerprint density at radius 2 is 1.17 bits per heavy atom. The second kappa shape index (κ2) is 10.1. The van der Waals surface area contributed by atoms with Crippen molar-refractivity contribution in [2.45, 2.75) is 76.5 Å². The van der Waals surface area contributed by atoms with Crippen molar-refractivity contribution in [3.8, 4) is 0 Å². The van der Waals surface area contributed by atoms with E-state index in [0.717, 1.165) is 18.3 Å². The molecule has 4 rings (SSSR count). The molecule has 0 amide bonds. The molecule has 0 heteroatoms. The highest BCUT2D eigenvalue weighted by Gasteiger charge is 2.23. The second-order valence-electron chi connectivity index (χ2n) is 9.30. The molecule has 0 radical (unpaired) electrons. The predicted octanol–water partition coefficient (Wildman–Crippen LogP) is 8.43. The van der Waals surface area contributed by atoms with Gasteiger partial charge in [-0.1, -0.05) is 99.1 Å². The number of hydrogen-bond donors (Lipinski definition) is 0. The first-order valence-corrected chi connectivity index (χ1v) is 12.0. The lowest BCUT2D eigenvalue weighted by molar-refractivity contribution is 0.396. The molecule has 156 valence electrons. The zero-order valence-corrected chi connectivity index (χ0v) is 18.7. The van der Waals surface area contributed by atoms with Crippen LogP contribution < -0.4 is 0 Å². The molecule has 3 aromatic rings. The first-order valence-electron chi connectivity index (χ1n) is 12.0. The topological polar surface area (TPSA) is 0 Å². The summed E-state index contributed by atoms with van der Waals surface area (Å²) in [4.78, 5) is 0. The number of benzene rings is 3. The number of rotatable bonds is 7. The SMILES string of the molecule is CCCc1ccc(C2CCC(c3ccc(CC(C)c4ccccc4)cc3)CC2)cc1. The normalized spacial score (nSPS) is 20.1. The lowest BCUT2D eigenvalue weighted by Crippen LogP contribution is -2.12. The molecule has 0 heterocycles. The Labute approximate surface area is 183 Å². The van der Waals surface area contributed by atoms with Crippen LogP contribution in [0.15, 0.2) is 78.9 Å². The van der Waals surface area contributed by atoms with Crippen molar-refractivity contribution in [1.82, 2.24) is 0 Å². The van der Waals surface area contributed by atoms with E-state index < -0.39 is 0 Å². The fraction of sp³-hybridized carbons (Fsp3) is 0.400. The van der Waals surface area contributed by atoms with Gasteiger partial charge in [0.2, 0.25) is 0 Å². The highest BCUT2D eigenvalue weighted by molar-refractivity contribution is 5.30. The molecule has 3 aromatic carbocycles. The molecule has 30 heavy (non-hydrogen) atoms. The van der Waals surface area contributed by atoms with Gasteiger partial charge in [0.1, 0.15) is 0 Å². The summed E-state index contributed by atoms with van der Waals surface area (Å²) in [7, 11) is 0. The first-order chi connectivity index (χ1) is 14.7. The lowest BCUT2D eigenvalue weighted by Gasteiger charge is -2.29. The molecule has 1 fully saturated rings. The molecule has 0 aromatic heterocycles. The smallest absolute Gasteiger partial charge is 0.0150 e. The van der Waals surface area contributed by atoms with Crippen LogP contribution in [0.1, 0.15) is 91.5 Å². The van der Waals surface area contributed by atoms with Gasteiger partial charge in [-0.15, -0.1) is 0 Å². The van der Waals surface area contributed by atoms with Crippen molar-refractivity contribution in [2.75, 3.05) is 0 Å². The molecule has 0 aliphatic heterocycles. The molecule has 0 saturated heterocycles. The van der Waals surface area contributed by atoms with Crippen LogP contribution in [0.3, 0.4) is 0 Å². The van der Waals surface area contributed by atoms with Gasteiger partial charge >= 0.3 is 0 Å². The van der Waals surface area contributed by atoms with E-state index in [0.29, 0.717) is 5.92 Å². The van der Waals surface area contributed by atoms with Gasteiger partial charge in [0.05, 0.1) is 0 Å². The van der Waals surface area contributed by atoms with Crippen molar-refractivity contribution in [3.63, 3.8) is 0 Å². The van der Waals surface area contributed by atoms with Gasteiger partial charge in [-0.05, 0) is 84.1 Å². The molecule has 0 nitrogen and oxygen atoms in total. The highest BCUT2D eigenvalue weighted by atomic mass is 14.3. The molecule has 0 bridgehead atoms. The van der Waals surface area contributed by atoms with E-state index in [1.165, 1.54) is 55.2 Å². The monoisotopic (exact) mass is 396 g/mol. The Morgan fingerprint density at radius 1 is 0.667 bits per heavy atom. The third kappa shape index (κ3) is 5.22. The number of aryl methyl sites for hydroxylation is 1. The predicted molar refractivity (Wildman–Crippen MR) is 129 cm³/mol. The Balaban J connectivity index is 1.31. The maximum Gasteiger partial charge on any atom is -0.0150 e. The van der Waals surface area contributed by atoms with Gasteiger partial charge in [-0.25, -0.2) is 0 Å². The maximum atomic E-state index is 2.40. The van der Waals surface area contributed by atoms with Crippen molar-refractivity contribution >= 4 is 0 Å². The van der Waals surface area contributed by atoms with Crippen molar-refractivity contribution in [1.29, 1.82) is 0 Å². The van der Waals surface area contributed by atoms with Gasteiger partial charge in [0.15, 0.2) is 0 Å². The molecule has 0 N–H and O–H groups in total. The van der Waals surface area contributed by atoms with E-state index in [9.17, 15) is 0 Å². The van der Waals surface area contributed by atoms with Gasteiger partial charge in [-0.3, -0.25) is 0 Å². The minimum Gasteiger partial charge on any atom is -0.0651 e. The van der Waals surface area contributed by atoms with Gasteiger partial charge < -0.3 is 0 Å². The number of hydrogen-bond acceptors (Lipinski definition) is 0. The van der Waals surface area contributed by atoms with Crippen LogP contribution in [0.4, 0.5) is 0 Å². The van der Waals surface area contributed by atoms with Crippen LogP contribution in [0.25, 0.3) is 0 Å². The average molecular weight is 397 g/mol. The van der Waals surface area contributed by atoms with E-state index in [1.54, 1.807) is 11.1 Å². The summed E-state index contributed by atoms with van der Waals surface area (Å²) in [6.07, 6.45) is 8.84.